The van der Waals surface area contributed by atoms with Crippen LogP contribution in [0.4, 0.5) is 11.4 Å². The third kappa shape index (κ3) is 2.35. The molecule has 1 amide bonds. The number of carbonyl (C=O) groups excluding carboxylic acids is 1. The van der Waals surface area contributed by atoms with E-state index < -0.39 is 5.91 Å². The number of primary amides is 1. The fraction of sp³-hybridized carbons (Fsp3) is 0.462. The molecule has 0 aromatic heterocycles. The van der Waals surface area contributed by atoms with E-state index in [0.717, 1.165) is 25.2 Å². The molecule has 0 unspecified atom stereocenters. The summed E-state index contributed by atoms with van der Waals surface area (Å²) in [5.74, 6) is -0.419. The molecule has 0 radical (unpaired) electrons. The number of hydrogen-bond donors (Lipinski definition) is 2. The molecule has 17 heavy (non-hydrogen) atoms. The largest absolute Gasteiger partial charge is 0.399 e. The van der Waals surface area contributed by atoms with E-state index in [4.69, 9.17) is 11.5 Å². The first-order chi connectivity index (χ1) is 7.89. The number of nitrogens with two attached hydrogens (primary N) is 2. The zero-order valence-electron chi connectivity index (χ0n) is 10.4. The van der Waals surface area contributed by atoms with Crippen molar-refractivity contribution >= 4 is 17.3 Å². The summed E-state index contributed by atoms with van der Waals surface area (Å²) in [4.78, 5) is 13.6. The number of benzene rings is 1. The van der Waals surface area contributed by atoms with Gasteiger partial charge in [-0.3, -0.25) is 4.79 Å². The minimum atomic E-state index is -0.419. The summed E-state index contributed by atoms with van der Waals surface area (Å²) in [5, 5.41) is 0. The van der Waals surface area contributed by atoms with Crippen LogP contribution in [0.25, 0.3) is 0 Å². The Morgan fingerprint density at radius 1 is 1.41 bits per heavy atom. The molecule has 1 aromatic rings. The molecule has 1 aromatic carbocycles. The van der Waals surface area contributed by atoms with Crippen LogP contribution in [-0.4, -0.2) is 19.0 Å². The molecule has 0 bridgehead atoms. The van der Waals surface area contributed by atoms with Crippen LogP contribution in [0.2, 0.25) is 0 Å². The molecule has 0 atom stereocenters. The van der Waals surface area contributed by atoms with E-state index >= 15 is 0 Å². The molecule has 1 aliphatic heterocycles. The van der Waals surface area contributed by atoms with Gasteiger partial charge < -0.3 is 16.4 Å². The van der Waals surface area contributed by atoms with Crippen molar-refractivity contribution in [2.45, 2.75) is 20.3 Å². The van der Waals surface area contributed by atoms with Crippen molar-refractivity contribution in [2.75, 3.05) is 23.7 Å². The van der Waals surface area contributed by atoms with Gasteiger partial charge in [0.1, 0.15) is 0 Å². The average molecular weight is 233 g/mol. The molecule has 1 fully saturated rings. The predicted octanol–water partition coefficient (Wildman–Crippen LogP) is 1.60. The Kier molecular flexibility index (Phi) is 2.73. The van der Waals surface area contributed by atoms with Crippen molar-refractivity contribution in [3.63, 3.8) is 0 Å². The normalized spacial score (nSPS) is 18.4. The van der Waals surface area contributed by atoms with Crippen LogP contribution in [0.15, 0.2) is 18.2 Å². The molecule has 1 heterocycles. The van der Waals surface area contributed by atoms with Gasteiger partial charge in [0.2, 0.25) is 0 Å². The molecule has 1 aliphatic rings. The lowest BCUT2D eigenvalue weighted by molar-refractivity contribution is 0.100. The second kappa shape index (κ2) is 3.95. The van der Waals surface area contributed by atoms with Crippen LogP contribution in [-0.2, 0) is 0 Å². The Labute approximate surface area is 102 Å². The predicted molar refractivity (Wildman–Crippen MR) is 70.0 cm³/mol. The van der Waals surface area contributed by atoms with Crippen molar-refractivity contribution in [2.24, 2.45) is 11.1 Å². The van der Waals surface area contributed by atoms with Gasteiger partial charge in [-0.15, -0.1) is 0 Å². The van der Waals surface area contributed by atoms with Crippen LogP contribution in [0, 0.1) is 5.41 Å². The van der Waals surface area contributed by atoms with E-state index in [0.29, 0.717) is 11.3 Å². The van der Waals surface area contributed by atoms with E-state index in [1.165, 1.54) is 0 Å². The maximum atomic E-state index is 11.4. The molecular weight excluding hydrogens is 214 g/mol. The minimum absolute atomic E-state index is 0.288. The number of rotatable bonds is 2. The standard InChI is InChI=1S/C13H19N3O/c1-13(2)5-6-16(8-13)11-4-3-9(14)7-10(11)12(15)17/h3-4,7H,5-6,8,14H2,1-2H3,(H2,15,17). The van der Waals surface area contributed by atoms with E-state index in [1.807, 2.05) is 12.1 Å². The Morgan fingerprint density at radius 2 is 2.12 bits per heavy atom. The Morgan fingerprint density at radius 3 is 2.65 bits per heavy atom. The SMILES string of the molecule is CC1(C)CCN(c2ccc(N)cc2C(N)=O)C1. The van der Waals surface area contributed by atoms with Crippen LogP contribution < -0.4 is 16.4 Å². The van der Waals surface area contributed by atoms with Gasteiger partial charge in [-0.1, -0.05) is 13.8 Å². The number of anilines is 2. The molecule has 0 saturated carbocycles. The van der Waals surface area contributed by atoms with E-state index in [9.17, 15) is 4.79 Å². The first-order valence-electron chi connectivity index (χ1n) is 5.83. The third-order valence-electron chi connectivity index (χ3n) is 3.30. The van der Waals surface area contributed by atoms with Crippen LogP contribution in [0.1, 0.15) is 30.6 Å². The van der Waals surface area contributed by atoms with Gasteiger partial charge >= 0.3 is 0 Å². The molecule has 4 nitrogen and oxygen atoms in total. The van der Waals surface area contributed by atoms with Crippen molar-refractivity contribution in [3.05, 3.63) is 23.8 Å². The number of amides is 1. The molecule has 4 heteroatoms. The average Bonchev–Trinajstić information content (AvgIpc) is 2.58. The summed E-state index contributed by atoms with van der Waals surface area (Å²) in [6.07, 6.45) is 1.12. The number of nitrogens with zero attached hydrogens (tertiary/aromatic N) is 1. The summed E-state index contributed by atoms with van der Waals surface area (Å²) in [5.41, 5.74) is 13.4. The lowest BCUT2D eigenvalue weighted by Gasteiger charge is -2.23. The van der Waals surface area contributed by atoms with E-state index in [-0.39, 0.29) is 5.41 Å². The summed E-state index contributed by atoms with van der Waals surface area (Å²) in [7, 11) is 0. The zero-order chi connectivity index (χ0) is 12.6. The summed E-state index contributed by atoms with van der Waals surface area (Å²) in [6, 6.07) is 5.35. The first-order valence-corrected chi connectivity index (χ1v) is 5.83. The number of hydrogen-bond acceptors (Lipinski definition) is 3. The maximum Gasteiger partial charge on any atom is 0.250 e. The second-order valence-corrected chi connectivity index (χ2v) is 5.48. The summed E-state index contributed by atoms with van der Waals surface area (Å²) in [6.45, 7) is 6.36. The molecular formula is C13H19N3O. The van der Waals surface area contributed by atoms with E-state index in [2.05, 4.69) is 18.7 Å². The lowest BCUT2D eigenvalue weighted by Crippen LogP contribution is -2.26. The van der Waals surface area contributed by atoms with Crippen LogP contribution in [0.3, 0.4) is 0 Å². The van der Waals surface area contributed by atoms with Crippen molar-refractivity contribution in [1.29, 1.82) is 0 Å². The van der Waals surface area contributed by atoms with Gasteiger partial charge in [-0.25, -0.2) is 0 Å². The fourth-order valence-electron chi connectivity index (χ4n) is 2.34. The van der Waals surface area contributed by atoms with Gasteiger partial charge in [-0.2, -0.15) is 0 Å². The Balaban J connectivity index is 2.36. The van der Waals surface area contributed by atoms with Crippen molar-refractivity contribution < 1.29 is 4.79 Å². The zero-order valence-corrected chi connectivity index (χ0v) is 10.4. The fourth-order valence-corrected chi connectivity index (χ4v) is 2.34. The summed E-state index contributed by atoms with van der Waals surface area (Å²) >= 11 is 0. The van der Waals surface area contributed by atoms with Crippen molar-refractivity contribution in [1.82, 2.24) is 0 Å². The Bertz CT molecular complexity index is 454. The number of nitrogen functional groups attached to an aromatic ring is 1. The van der Waals surface area contributed by atoms with Gasteiger partial charge in [0, 0.05) is 24.5 Å². The maximum absolute atomic E-state index is 11.4. The Hall–Kier alpha value is -1.71. The highest BCUT2D eigenvalue weighted by atomic mass is 16.1. The molecule has 92 valence electrons. The van der Waals surface area contributed by atoms with Crippen LogP contribution in [0.5, 0.6) is 0 Å². The topological polar surface area (TPSA) is 72.3 Å². The molecule has 0 aliphatic carbocycles. The highest BCUT2D eigenvalue weighted by molar-refractivity contribution is 5.99. The molecule has 2 rings (SSSR count). The van der Waals surface area contributed by atoms with Crippen molar-refractivity contribution in [3.8, 4) is 0 Å². The number of carbonyl (C=O) groups is 1. The molecule has 1 saturated heterocycles. The van der Waals surface area contributed by atoms with Gasteiger partial charge in [0.25, 0.3) is 5.91 Å². The van der Waals surface area contributed by atoms with Gasteiger partial charge in [0.15, 0.2) is 0 Å². The van der Waals surface area contributed by atoms with Crippen LogP contribution >= 0.6 is 0 Å². The summed E-state index contributed by atoms with van der Waals surface area (Å²) < 4.78 is 0. The second-order valence-electron chi connectivity index (χ2n) is 5.48. The highest BCUT2D eigenvalue weighted by Crippen LogP contribution is 2.34. The monoisotopic (exact) mass is 233 g/mol. The quantitative estimate of drug-likeness (QED) is 0.762. The third-order valence-corrected chi connectivity index (χ3v) is 3.30. The highest BCUT2D eigenvalue weighted by Gasteiger charge is 2.30. The smallest absolute Gasteiger partial charge is 0.250 e. The molecule has 4 N–H and O–H groups in total. The van der Waals surface area contributed by atoms with E-state index in [1.54, 1.807) is 6.07 Å². The first kappa shape index (κ1) is 11.8. The van der Waals surface area contributed by atoms with Gasteiger partial charge in [-0.05, 0) is 30.0 Å². The lowest BCUT2D eigenvalue weighted by atomic mass is 9.93. The molecule has 0 spiro atoms. The minimum Gasteiger partial charge on any atom is -0.399 e. The van der Waals surface area contributed by atoms with Gasteiger partial charge in [0.05, 0.1) is 5.56 Å².